The molecule has 2 aliphatic carbocycles. The van der Waals surface area contributed by atoms with E-state index in [0.29, 0.717) is 28.3 Å². The first-order valence-electron chi connectivity index (χ1n) is 11.1. The van der Waals surface area contributed by atoms with Gasteiger partial charge in [0.1, 0.15) is 15.2 Å². The first-order chi connectivity index (χ1) is 15.4. The molecular formula is C23H24ClN3O4S. The standard InChI is InChI=1S/C23H24ClN3O4S/c24-15-3-4-18-17(9-15)27-22(31-18)14-10-23(11-14)12-16(13-23)26-21(28)19-5-6-20(30-19)32(29)8-2-1-7-25-32/h3-6,9,14,16H,1-2,7-8,10-13H2,(H,26,28). The number of furan rings is 1. The number of rotatable bonds is 4. The normalized spacial score (nSPS) is 31.7. The summed E-state index contributed by atoms with van der Waals surface area (Å²) >= 11 is 6.04. The van der Waals surface area contributed by atoms with Crippen LogP contribution in [0.25, 0.3) is 11.1 Å². The number of hydrogen-bond acceptors (Lipinski definition) is 6. The van der Waals surface area contributed by atoms with Crippen molar-refractivity contribution in [1.29, 1.82) is 0 Å². The molecule has 1 unspecified atom stereocenters. The van der Waals surface area contributed by atoms with Crippen LogP contribution in [0.4, 0.5) is 0 Å². The lowest BCUT2D eigenvalue weighted by molar-refractivity contribution is -0.0256. The van der Waals surface area contributed by atoms with Gasteiger partial charge in [-0.05, 0) is 74.3 Å². The van der Waals surface area contributed by atoms with Crippen LogP contribution in [0.5, 0.6) is 0 Å². The molecule has 2 saturated carbocycles. The van der Waals surface area contributed by atoms with Gasteiger partial charge in [-0.2, -0.15) is 0 Å². The zero-order valence-corrected chi connectivity index (χ0v) is 19.1. The fourth-order valence-corrected chi connectivity index (χ4v) is 7.54. The minimum absolute atomic E-state index is 0.132. The Morgan fingerprint density at radius 1 is 1.12 bits per heavy atom. The van der Waals surface area contributed by atoms with Crippen molar-refractivity contribution < 1.29 is 17.8 Å². The van der Waals surface area contributed by atoms with Crippen molar-refractivity contribution in [3.8, 4) is 0 Å². The molecule has 1 atom stereocenters. The second kappa shape index (κ2) is 7.35. The fourth-order valence-electron chi connectivity index (χ4n) is 5.39. The molecule has 3 aromatic rings. The second-order valence-corrected chi connectivity index (χ2v) is 12.2. The molecular weight excluding hydrogens is 450 g/mol. The number of amides is 1. The molecule has 3 aliphatic rings. The highest BCUT2D eigenvalue weighted by Crippen LogP contribution is 2.61. The molecule has 2 fully saturated rings. The molecule has 9 heteroatoms. The molecule has 1 amide bonds. The summed E-state index contributed by atoms with van der Waals surface area (Å²) < 4.78 is 28.7. The fraction of sp³-hybridized carbons (Fsp3) is 0.478. The van der Waals surface area contributed by atoms with Gasteiger partial charge in [0.15, 0.2) is 22.3 Å². The Morgan fingerprint density at radius 2 is 1.97 bits per heavy atom. The maximum atomic E-state index is 12.9. The Hall–Kier alpha value is -2.32. The lowest BCUT2D eigenvalue weighted by Gasteiger charge is -2.57. The van der Waals surface area contributed by atoms with Crippen LogP contribution >= 0.6 is 11.6 Å². The van der Waals surface area contributed by atoms with Gasteiger partial charge in [0.2, 0.25) is 0 Å². The van der Waals surface area contributed by atoms with E-state index in [-0.39, 0.29) is 23.1 Å². The van der Waals surface area contributed by atoms with Crippen molar-refractivity contribution in [2.24, 2.45) is 9.78 Å². The maximum Gasteiger partial charge on any atom is 0.287 e. The van der Waals surface area contributed by atoms with Gasteiger partial charge in [0.05, 0.1) is 0 Å². The average Bonchev–Trinajstić information content (AvgIpc) is 3.36. The lowest BCUT2D eigenvalue weighted by atomic mass is 9.50. The van der Waals surface area contributed by atoms with Gasteiger partial charge >= 0.3 is 0 Å². The van der Waals surface area contributed by atoms with Crippen LogP contribution in [0.15, 0.2) is 48.6 Å². The van der Waals surface area contributed by atoms with Crippen LogP contribution in [0.1, 0.15) is 60.9 Å². The van der Waals surface area contributed by atoms with Crippen LogP contribution in [-0.2, 0) is 9.73 Å². The zero-order chi connectivity index (χ0) is 21.9. The highest BCUT2D eigenvalue weighted by Gasteiger charge is 2.54. The van der Waals surface area contributed by atoms with E-state index in [1.165, 1.54) is 0 Å². The molecule has 1 aliphatic heterocycles. The van der Waals surface area contributed by atoms with E-state index in [9.17, 15) is 9.00 Å². The first kappa shape index (κ1) is 20.3. The largest absolute Gasteiger partial charge is 0.441 e. The number of oxazole rings is 1. The van der Waals surface area contributed by atoms with Crippen molar-refractivity contribution in [3.05, 3.63) is 47.0 Å². The van der Waals surface area contributed by atoms with Gasteiger partial charge in [0.25, 0.3) is 5.91 Å². The summed E-state index contributed by atoms with van der Waals surface area (Å²) in [6.07, 6.45) is 5.76. The van der Waals surface area contributed by atoms with E-state index in [4.69, 9.17) is 20.4 Å². The third kappa shape index (κ3) is 3.44. The summed E-state index contributed by atoms with van der Waals surface area (Å²) in [6, 6.07) is 8.87. The number of fused-ring (bicyclic) bond motifs is 1. The minimum Gasteiger partial charge on any atom is -0.441 e. The van der Waals surface area contributed by atoms with E-state index in [0.717, 1.165) is 55.5 Å². The summed E-state index contributed by atoms with van der Waals surface area (Å²) in [7, 11) is -2.50. The summed E-state index contributed by atoms with van der Waals surface area (Å²) in [4.78, 5) is 17.2. The van der Waals surface area contributed by atoms with Crippen LogP contribution in [0.3, 0.4) is 0 Å². The third-order valence-electron chi connectivity index (χ3n) is 7.02. The van der Waals surface area contributed by atoms with Crippen LogP contribution in [-0.4, -0.2) is 33.4 Å². The summed E-state index contributed by atoms with van der Waals surface area (Å²) in [5, 5.41) is 4.04. The highest BCUT2D eigenvalue weighted by molar-refractivity contribution is 7.93. The number of nitrogens with one attached hydrogen (secondary N) is 1. The first-order valence-corrected chi connectivity index (χ1v) is 13.2. The van der Waals surface area contributed by atoms with Crippen molar-refractivity contribution >= 4 is 38.3 Å². The molecule has 3 heterocycles. The van der Waals surface area contributed by atoms with E-state index in [1.54, 1.807) is 12.1 Å². The Kier molecular flexibility index (Phi) is 4.66. The Balaban J connectivity index is 1.04. The molecule has 0 radical (unpaired) electrons. The average molecular weight is 474 g/mol. The van der Waals surface area contributed by atoms with Gasteiger partial charge in [-0.1, -0.05) is 11.6 Å². The van der Waals surface area contributed by atoms with Crippen molar-refractivity contribution in [1.82, 2.24) is 10.3 Å². The summed E-state index contributed by atoms with van der Waals surface area (Å²) in [5.74, 6) is 1.57. The van der Waals surface area contributed by atoms with Crippen LogP contribution in [0, 0.1) is 5.41 Å². The number of halogens is 1. The SMILES string of the molecule is O=C(NC1CC2(C1)CC(c1nc3cc(Cl)ccc3o1)C2)c1ccc(S2(=O)=NCCCC2)o1. The van der Waals surface area contributed by atoms with Gasteiger partial charge < -0.3 is 14.2 Å². The van der Waals surface area contributed by atoms with E-state index < -0.39 is 9.73 Å². The quantitative estimate of drug-likeness (QED) is 0.565. The number of benzene rings is 1. The molecule has 32 heavy (non-hydrogen) atoms. The molecule has 168 valence electrons. The number of carbonyl (C=O) groups is 1. The molecule has 1 spiro atoms. The van der Waals surface area contributed by atoms with Gasteiger partial charge in [0, 0.05) is 29.3 Å². The smallest absolute Gasteiger partial charge is 0.287 e. The summed E-state index contributed by atoms with van der Waals surface area (Å²) in [6.45, 7) is 0.587. The molecule has 7 nitrogen and oxygen atoms in total. The van der Waals surface area contributed by atoms with Crippen LogP contribution in [0.2, 0.25) is 5.02 Å². The van der Waals surface area contributed by atoms with Crippen LogP contribution < -0.4 is 5.32 Å². The highest BCUT2D eigenvalue weighted by atomic mass is 35.5. The number of nitrogens with zero attached hydrogens (tertiary/aromatic N) is 2. The van der Waals surface area contributed by atoms with E-state index >= 15 is 0 Å². The summed E-state index contributed by atoms with van der Waals surface area (Å²) in [5.41, 5.74) is 1.83. The van der Waals surface area contributed by atoms with Crippen molar-refractivity contribution in [2.45, 2.75) is 55.6 Å². The Labute approximate surface area is 191 Å². The molecule has 0 bridgehead atoms. The predicted molar refractivity (Wildman–Crippen MR) is 120 cm³/mol. The van der Waals surface area contributed by atoms with Gasteiger partial charge in [-0.25, -0.2) is 13.6 Å². The second-order valence-electron chi connectivity index (χ2n) is 9.37. The molecule has 0 saturated heterocycles. The number of aromatic nitrogens is 1. The van der Waals surface area contributed by atoms with Gasteiger partial charge in [-0.15, -0.1) is 0 Å². The Morgan fingerprint density at radius 3 is 2.75 bits per heavy atom. The maximum absolute atomic E-state index is 12.9. The zero-order valence-electron chi connectivity index (χ0n) is 17.5. The van der Waals surface area contributed by atoms with Crippen molar-refractivity contribution in [3.63, 3.8) is 0 Å². The Bertz CT molecular complexity index is 1320. The lowest BCUT2D eigenvalue weighted by Crippen LogP contribution is -2.55. The third-order valence-corrected chi connectivity index (χ3v) is 9.54. The molecule has 1 N–H and O–H groups in total. The van der Waals surface area contributed by atoms with Crippen molar-refractivity contribution in [2.75, 3.05) is 12.3 Å². The molecule has 1 aromatic carbocycles. The molecule has 6 rings (SSSR count). The molecule has 2 aromatic heterocycles. The predicted octanol–water partition coefficient (Wildman–Crippen LogP) is 5.15. The van der Waals surface area contributed by atoms with Gasteiger partial charge in [-0.3, -0.25) is 4.79 Å². The minimum atomic E-state index is -2.50. The number of carbonyl (C=O) groups excluding carboxylic acids is 1. The van der Waals surface area contributed by atoms with E-state index in [1.807, 2.05) is 18.2 Å². The van der Waals surface area contributed by atoms with E-state index in [2.05, 4.69) is 14.7 Å². The monoisotopic (exact) mass is 473 g/mol. The number of hydrogen-bond donors (Lipinski definition) is 1. The topological polar surface area (TPSA) is 97.7 Å².